The molecular formula is C51H44F8N12O10S2. The lowest BCUT2D eigenvalue weighted by molar-refractivity contribution is -0.138. The van der Waals surface area contributed by atoms with Gasteiger partial charge in [-0.1, -0.05) is 0 Å². The van der Waals surface area contributed by atoms with E-state index >= 15 is 8.78 Å². The number of pyridine rings is 2. The van der Waals surface area contributed by atoms with E-state index in [1.807, 2.05) is 0 Å². The second kappa shape index (κ2) is 23.1. The van der Waals surface area contributed by atoms with Crippen LogP contribution in [0.3, 0.4) is 0 Å². The van der Waals surface area contributed by atoms with Gasteiger partial charge in [-0.05, 0) is 109 Å². The highest BCUT2D eigenvalue weighted by Crippen LogP contribution is 2.44. The molecule has 0 saturated carbocycles. The number of fused-ring (bicyclic) bond motifs is 2. The molecule has 2 saturated heterocycles. The maximum Gasteiger partial charge on any atom is 0.508 e. The molecule has 6 heterocycles. The Hall–Kier alpha value is -9.01. The number of hydrogen-bond donors (Lipinski definition) is 1. The summed E-state index contributed by atoms with van der Waals surface area (Å²) >= 11 is 11.0. The van der Waals surface area contributed by atoms with Crippen molar-refractivity contribution in [3.63, 3.8) is 0 Å². The van der Waals surface area contributed by atoms with E-state index in [-0.39, 0.29) is 105 Å². The SMILES string of the molecule is COc1nc(OCCO)c2cc(N3C(=S)N(c4cnc(C#N)c(C(F)(F)F)c4)C(=O)C3(C)C)cc(F)c2n1.COc1nc(OCCOC(=O)OC(C)(C)C)c2cc(N3C(=S)N(c4cnc(C#N)c(C(F)(F)F)c4)C(=O)C3(C)C)cc(F)c2n1. The van der Waals surface area contributed by atoms with Gasteiger partial charge < -0.3 is 43.3 Å². The lowest BCUT2D eigenvalue weighted by Crippen LogP contribution is -2.44. The molecule has 1 N–H and O–H groups in total. The van der Waals surface area contributed by atoms with Crippen LogP contribution in [-0.2, 0) is 31.4 Å². The summed E-state index contributed by atoms with van der Waals surface area (Å²) in [7, 11) is 2.54. The van der Waals surface area contributed by atoms with Crippen LogP contribution in [0.5, 0.6) is 23.8 Å². The molecule has 8 rings (SSSR count). The number of nitrogens with zero attached hydrogens (tertiary/aromatic N) is 12. The highest BCUT2D eigenvalue weighted by Gasteiger charge is 2.53. The van der Waals surface area contributed by atoms with Crippen molar-refractivity contribution >= 4 is 97.2 Å². The second-order valence-electron chi connectivity index (χ2n) is 19.4. The number of amides is 2. The van der Waals surface area contributed by atoms with Crippen molar-refractivity contribution in [3.05, 3.63) is 82.9 Å². The fourth-order valence-electron chi connectivity index (χ4n) is 8.28. The third-order valence-electron chi connectivity index (χ3n) is 11.9. The van der Waals surface area contributed by atoms with Crippen LogP contribution < -0.4 is 38.5 Å². The van der Waals surface area contributed by atoms with Gasteiger partial charge in [0.1, 0.15) is 59.7 Å². The maximum atomic E-state index is 15.6. The van der Waals surface area contributed by atoms with E-state index < -0.39 is 81.2 Å². The van der Waals surface area contributed by atoms with Gasteiger partial charge in [0, 0.05) is 11.4 Å². The van der Waals surface area contributed by atoms with Crippen LogP contribution in [0.1, 0.15) is 71.0 Å². The minimum atomic E-state index is -4.94. The zero-order valence-electron chi connectivity index (χ0n) is 44.8. The van der Waals surface area contributed by atoms with E-state index in [1.54, 1.807) is 20.8 Å². The first kappa shape index (κ1) is 61.6. The second-order valence-corrected chi connectivity index (χ2v) is 20.2. The van der Waals surface area contributed by atoms with E-state index in [2.05, 4.69) is 29.9 Å². The van der Waals surface area contributed by atoms with E-state index in [9.17, 15) is 40.7 Å². The number of hydrogen-bond acceptors (Lipinski definition) is 20. The first-order valence-electron chi connectivity index (χ1n) is 23.9. The largest absolute Gasteiger partial charge is 0.508 e. The molecule has 0 atom stereocenters. The number of halogens is 8. The number of carbonyl (C=O) groups is 3. The molecular weight excluding hydrogens is 1160 g/mol. The molecule has 0 unspecified atom stereocenters. The molecule has 0 aliphatic carbocycles. The minimum absolute atomic E-state index is 0.0203. The Kier molecular flexibility index (Phi) is 17.1. The lowest BCUT2D eigenvalue weighted by Gasteiger charge is -2.29. The summed E-state index contributed by atoms with van der Waals surface area (Å²) in [5.74, 6) is -3.47. The van der Waals surface area contributed by atoms with Crippen LogP contribution in [-0.4, -0.2) is 121 Å². The Morgan fingerprint density at radius 2 is 1.04 bits per heavy atom. The topological polar surface area (TPSA) is 265 Å². The molecule has 32 heteroatoms. The first-order valence-corrected chi connectivity index (χ1v) is 24.7. The normalized spacial score (nSPS) is 15.0. The smallest absolute Gasteiger partial charge is 0.475 e. The van der Waals surface area contributed by atoms with E-state index in [0.717, 1.165) is 34.3 Å². The van der Waals surface area contributed by atoms with Gasteiger partial charge in [-0.2, -0.15) is 56.8 Å². The van der Waals surface area contributed by atoms with Crippen molar-refractivity contribution in [2.24, 2.45) is 0 Å². The first-order chi connectivity index (χ1) is 38.7. The molecule has 83 heavy (non-hydrogen) atoms. The number of thiocarbonyl (C=S) groups is 2. The zero-order chi connectivity index (χ0) is 61.5. The lowest BCUT2D eigenvalue weighted by atomic mass is 10.0. The number of methoxy groups -OCH3 is 2. The Morgan fingerprint density at radius 1 is 0.639 bits per heavy atom. The van der Waals surface area contributed by atoms with Gasteiger partial charge >= 0.3 is 30.5 Å². The summed E-state index contributed by atoms with van der Waals surface area (Å²) < 4.78 is 144. The van der Waals surface area contributed by atoms with Crippen LogP contribution >= 0.6 is 24.4 Å². The molecule has 0 spiro atoms. The number of ether oxygens (including phenoxy) is 6. The number of benzene rings is 2. The van der Waals surface area contributed by atoms with Crippen LogP contribution in [0, 0.1) is 34.3 Å². The number of anilines is 4. The fourth-order valence-corrected chi connectivity index (χ4v) is 9.32. The van der Waals surface area contributed by atoms with E-state index in [1.165, 1.54) is 76.0 Å². The van der Waals surface area contributed by atoms with Gasteiger partial charge in [-0.15, -0.1) is 0 Å². The van der Waals surface area contributed by atoms with Gasteiger partial charge in [0.05, 0.1) is 66.5 Å². The van der Waals surface area contributed by atoms with E-state index in [0.29, 0.717) is 12.1 Å². The zero-order valence-corrected chi connectivity index (χ0v) is 46.4. The quantitative estimate of drug-likeness (QED) is 0.0490. The Bertz CT molecular complexity index is 3720. The molecule has 2 aliphatic heterocycles. The number of carbonyl (C=O) groups excluding carboxylic acids is 3. The molecule has 0 radical (unpaired) electrons. The third kappa shape index (κ3) is 12.3. The summed E-state index contributed by atoms with van der Waals surface area (Å²) in [5.41, 5.74) is -9.19. The summed E-state index contributed by atoms with van der Waals surface area (Å²) in [6.45, 7) is 9.78. The predicted molar refractivity (Wildman–Crippen MR) is 284 cm³/mol. The molecule has 2 aromatic carbocycles. The van der Waals surface area contributed by atoms with Crippen LogP contribution in [0.15, 0.2) is 48.8 Å². The highest BCUT2D eigenvalue weighted by molar-refractivity contribution is 7.81. The Labute approximate surface area is 475 Å². The van der Waals surface area contributed by atoms with Gasteiger partial charge in [-0.3, -0.25) is 19.4 Å². The van der Waals surface area contributed by atoms with Crippen molar-refractivity contribution < 1.29 is 83.0 Å². The monoisotopic (exact) mass is 1200 g/mol. The average Bonchev–Trinajstić information content (AvgIpc) is 3.74. The number of alkyl halides is 6. The molecule has 2 amide bonds. The Morgan fingerprint density at radius 3 is 1.39 bits per heavy atom. The third-order valence-corrected chi connectivity index (χ3v) is 12.7. The van der Waals surface area contributed by atoms with Crippen molar-refractivity contribution in [1.29, 1.82) is 10.5 Å². The molecule has 2 aliphatic rings. The fraction of sp³-hybridized carbons (Fsp3) is 0.353. The van der Waals surface area contributed by atoms with Crippen LogP contribution in [0.25, 0.3) is 21.8 Å². The van der Waals surface area contributed by atoms with Crippen LogP contribution in [0.2, 0.25) is 0 Å². The highest BCUT2D eigenvalue weighted by atomic mass is 32.1. The van der Waals surface area contributed by atoms with Gasteiger partial charge in [0.15, 0.2) is 33.2 Å². The minimum Gasteiger partial charge on any atom is -0.475 e. The molecule has 436 valence electrons. The van der Waals surface area contributed by atoms with Gasteiger partial charge in [-0.25, -0.2) is 23.5 Å². The molecule has 2 fully saturated rings. The Balaban J connectivity index is 0.000000242. The molecule has 4 aromatic heterocycles. The summed E-state index contributed by atoms with van der Waals surface area (Å²) in [6, 6.07) is 8.40. The standard InChI is InChI=1S/C28H26F4N6O6S.C23H18F4N6O4S/c1-26(2,3)44-25(40)43-8-7-42-21-16-9-14(11-18(29)20(16)35-23(36-21)41-6)38-24(45)37(22(39)27(38,4)5)15-10-17(28(30,31)32)19(12-33)34-13-15;1-22(2)19(35)32(12-7-14(23(25,26)27)16(9-28)29-10-12)21(38)33(22)11-6-13-17(15(24)8-11)30-20(36-3)31-18(13)37-5-4-34/h9-11,13H,7-8H2,1-6H3;6-8,10,34H,4-5H2,1-3H3. The van der Waals surface area contributed by atoms with Crippen molar-refractivity contribution in [1.82, 2.24) is 29.9 Å². The molecule has 22 nitrogen and oxygen atoms in total. The number of aromatic nitrogens is 6. The summed E-state index contributed by atoms with van der Waals surface area (Å²) in [6.07, 6.45) is -8.93. The number of aliphatic hydroxyl groups excluding tert-OH is 1. The molecule has 6 aromatic rings. The van der Waals surface area contributed by atoms with Crippen molar-refractivity contribution in [2.75, 3.05) is 60.2 Å². The maximum absolute atomic E-state index is 15.6. The summed E-state index contributed by atoms with van der Waals surface area (Å²) in [5, 5.41) is 26.8. The van der Waals surface area contributed by atoms with Crippen molar-refractivity contribution in [2.45, 2.75) is 77.5 Å². The summed E-state index contributed by atoms with van der Waals surface area (Å²) in [4.78, 5) is 66.3. The van der Waals surface area contributed by atoms with Gasteiger partial charge in [0.25, 0.3) is 11.8 Å². The van der Waals surface area contributed by atoms with Crippen molar-refractivity contribution in [3.8, 4) is 35.9 Å². The number of nitriles is 2. The number of rotatable bonds is 13. The average molecular weight is 1200 g/mol. The molecule has 0 bridgehead atoms. The van der Waals surface area contributed by atoms with E-state index in [4.69, 9.17) is 68.5 Å². The van der Waals surface area contributed by atoms with Gasteiger partial charge in [0.2, 0.25) is 11.8 Å². The predicted octanol–water partition coefficient (Wildman–Crippen LogP) is 8.66. The van der Waals surface area contributed by atoms with Crippen LogP contribution in [0.4, 0.5) is 62.7 Å². The number of aliphatic hydroxyl groups is 1.